The normalized spacial score (nSPS) is 20.3. The molecule has 1 aliphatic heterocycles. The number of morpholine rings is 1. The molecular weight excluding hydrogens is 260 g/mol. The maximum atomic E-state index is 5.84. The van der Waals surface area contributed by atoms with Gasteiger partial charge in [0.05, 0.1) is 12.7 Å². The van der Waals surface area contributed by atoms with E-state index in [1.807, 2.05) is 0 Å². The zero-order chi connectivity index (χ0) is 15.3. The standard InChI is InChI=1S/C18H38N2O/c1-4-5-6-7-8-9-10-11-12-19-15-18-16-20(17(2)3)13-14-21-18/h17-19H,4-16H2,1-3H3. The van der Waals surface area contributed by atoms with Crippen molar-refractivity contribution < 1.29 is 4.74 Å². The van der Waals surface area contributed by atoms with Crippen LogP contribution in [0, 0.1) is 0 Å². The molecule has 0 radical (unpaired) electrons. The molecule has 0 aromatic heterocycles. The highest BCUT2D eigenvalue weighted by Gasteiger charge is 2.21. The average Bonchev–Trinajstić information content (AvgIpc) is 2.49. The Morgan fingerprint density at radius 3 is 2.38 bits per heavy atom. The van der Waals surface area contributed by atoms with Crippen LogP contribution in [0.1, 0.15) is 72.1 Å². The Bertz CT molecular complexity index is 233. The third-order valence-corrected chi connectivity index (χ3v) is 4.48. The fourth-order valence-electron chi connectivity index (χ4n) is 2.98. The minimum Gasteiger partial charge on any atom is -0.374 e. The lowest BCUT2D eigenvalue weighted by Crippen LogP contribution is -2.49. The van der Waals surface area contributed by atoms with Crippen LogP contribution in [0.3, 0.4) is 0 Å². The van der Waals surface area contributed by atoms with E-state index in [2.05, 4.69) is 31.0 Å². The summed E-state index contributed by atoms with van der Waals surface area (Å²) in [5.74, 6) is 0. The Balaban J connectivity index is 1.88. The van der Waals surface area contributed by atoms with E-state index in [-0.39, 0.29) is 0 Å². The van der Waals surface area contributed by atoms with Crippen molar-refractivity contribution in [2.75, 3.05) is 32.8 Å². The number of hydrogen-bond donors (Lipinski definition) is 1. The van der Waals surface area contributed by atoms with Gasteiger partial charge >= 0.3 is 0 Å². The monoisotopic (exact) mass is 298 g/mol. The molecule has 1 fully saturated rings. The molecular formula is C18H38N2O. The molecule has 21 heavy (non-hydrogen) atoms. The molecule has 0 saturated carbocycles. The predicted molar refractivity (Wildman–Crippen MR) is 91.9 cm³/mol. The topological polar surface area (TPSA) is 24.5 Å². The second-order valence-corrected chi connectivity index (χ2v) is 6.76. The van der Waals surface area contributed by atoms with Gasteiger partial charge in [-0.3, -0.25) is 4.90 Å². The molecule has 1 unspecified atom stereocenters. The zero-order valence-electron chi connectivity index (χ0n) is 14.7. The van der Waals surface area contributed by atoms with Crippen molar-refractivity contribution >= 4 is 0 Å². The van der Waals surface area contributed by atoms with E-state index in [0.717, 1.165) is 32.8 Å². The molecule has 3 nitrogen and oxygen atoms in total. The minimum atomic E-state index is 0.384. The molecule has 1 saturated heterocycles. The van der Waals surface area contributed by atoms with Gasteiger partial charge in [0.25, 0.3) is 0 Å². The van der Waals surface area contributed by atoms with Crippen LogP contribution in [-0.2, 0) is 4.74 Å². The van der Waals surface area contributed by atoms with Crippen LogP contribution >= 0.6 is 0 Å². The highest BCUT2D eigenvalue weighted by molar-refractivity contribution is 4.75. The van der Waals surface area contributed by atoms with Crippen molar-refractivity contribution in [2.45, 2.75) is 84.3 Å². The Hall–Kier alpha value is -0.120. The molecule has 1 rings (SSSR count). The number of hydrogen-bond acceptors (Lipinski definition) is 3. The van der Waals surface area contributed by atoms with Crippen LogP contribution in [0.25, 0.3) is 0 Å². The maximum Gasteiger partial charge on any atom is 0.0826 e. The van der Waals surface area contributed by atoms with Gasteiger partial charge in [0.1, 0.15) is 0 Å². The van der Waals surface area contributed by atoms with E-state index < -0.39 is 0 Å². The quantitative estimate of drug-likeness (QED) is 0.554. The largest absolute Gasteiger partial charge is 0.374 e. The van der Waals surface area contributed by atoms with Gasteiger partial charge in [0, 0.05) is 25.7 Å². The van der Waals surface area contributed by atoms with Gasteiger partial charge in [-0.05, 0) is 26.8 Å². The van der Waals surface area contributed by atoms with E-state index in [0.29, 0.717) is 12.1 Å². The number of rotatable bonds is 12. The molecule has 1 N–H and O–H groups in total. The fourth-order valence-corrected chi connectivity index (χ4v) is 2.98. The molecule has 3 heteroatoms. The second kappa shape index (κ2) is 12.4. The van der Waals surface area contributed by atoms with Crippen LogP contribution in [0.2, 0.25) is 0 Å². The maximum absolute atomic E-state index is 5.84. The van der Waals surface area contributed by atoms with Crippen LogP contribution < -0.4 is 5.32 Å². The SMILES string of the molecule is CCCCCCCCCCNCC1CN(C(C)C)CCO1. The summed E-state index contributed by atoms with van der Waals surface area (Å²) in [4.78, 5) is 2.52. The average molecular weight is 299 g/mol. The van der Waals surface area contributed by atoms with Gasteiger partial charge in [-0.25, -0.2) is 0 Å². The van der Waals surface area contributed by atoms with E-state index in [1.165, 1.54) is 51.4 Å². The Labute approximate surface area is 132 Å². The van der Waals surface area contributed by atoms with Crippen LogP contribution in [0.15, 0.2) is 0 Å². The van der Waals surface area contributed by atoms with Crippen LogP contribution in [-0.4, -0.2) is 49.8 Å². The van der Waals surface area contributed by atoms with Crippen molar-refractivity contribution in [1.29, 1.82) is 0 Å². The molecule has 1 heterocycles. The van der Waals surface area contributed by atoms with Gasteiger partial charge in [-0.2, -0.15) is 0 Å². The van der Waals surface area contributed by atoms with Crippen molar-refractivity contribution in [1.82, 2.24) is 10.2 Å². The number of nitrogens with zero attached hydrogens (tertiary/aromatic N) is 1. The molecule has 0 aromatic rings. The highest BCUT2D eigenvalue weighted by Crippen LogP contribution is 2.09. The molecule has 0 bridgehead atoms. The van der Waals surface area contributed by atoms with E-state index >= 15 is 0 Å². The Morgan fingerprint density at radius 1 is 1.05 bits per heavy atom. The molecule has 0 aromatic carbocycles. The van der Waals surface area contributed by atoms with Gasteiger partial charge in [0.15, 0.2) is 0 Å². The van der Waals surface area contributed by atoms with E-state index in [1.54, 1.807) is 0 Å². The van der Waals surface area contributed by atoms with Crippen molar-refractivity contribution in [3.8, 4) is 0 Å². The fraction of sp³-hybridized carbons (Fsp3) is 1.00. The summed E-state index contributed by atoms with van der Waals surface area (Å²) in [5.41, 5.74) is 0. The smallest absolute Gasteiger partial charge is 0.0826 e. The third kappa shape index (κ3) is 9.49. The summed E-state index contributed by atoms with van der Waals surface area (Å²) < 4.78 is 5.84. The van der Waals surface area contributed by atoms with Crippen molar-refractivity contribution in [2.24, 2.45) is 0 Å². The Kier molecular flexibility index (Phi) is 11.2. The van der Waals surface area contributed by atoms with Crippen molar-refractivity contribution in [3.63, 3.8) is 0 Å². The van der Waals surface area contributed by atoms with E-state index in [4.69, 9.17) is 4.74 Å². The van der Waals surface area contributed by atoms with Gasteiger partial charge < -0.3 is 10.1 Å². The lowest BCUT2D eigenvalue weighted by atomic mass is 10.1. The summed E-state index contributed by atoms with van der Waals surface area (Å²) in [5, 5.41) is 3.57. The summed E-state index contributed by atoms with van der Waals surface area (Å²) in [6, 6.07) is 0.643. The number of ether oxygens (including phenoxy) is 1. The third-order valence-electron chi connectivity index (χ3n) is 4.48. The lowest BCUT2D eigenvalue weighted by Gasteiger charge is -2.35. The van der Waals surface area contributed by atoms with Gasteiger partial charge in [0.2, 0.25) is 0 Å². The first-order chi connectivity index (χ1) is 10.2. The second-order valence-electron chi connectivity index (χ2n) is 6.76. The molecule has 126 valence electrons. The van der Waals surface area contributed by atoms with Crippen LogP contribution in [0.5, 0.6) is 0 Å². The molecule has 0 amide bonds. The highest BCUT2D eigenvalue weighted by atomic mass is 16.5. The summed E-state index contributed by atoms with van der Waals surface area (Å²) in [6.45, 7) is 12.1. The summed E-state index contributed by atoms with van der Waals surface area (Å²) in [7, 11) is 0. The minimum absolute atomic E-state index is 0.384. The number of nitrogens with one attached hydrogen (secondary N) is 1. The van der Waals surface area contributed by atoms with Crippen molar-refractivity contribution in [3.05, 3.63) is 0 Å². The van der Waals surface area contributed by atoms with E-state index in [9.17, 15) is 0 Å². The summed E-state index contributed by atoms with van der Waals surface area (Å²) >= 11 is 0. The molecule has 1 aliphatic rings. The molecule has 1 atom stereocenters. The van der Waals surface area contributed by atoms with Gasteiger partial charge in [-0.1, -0.05) is 51.9 Å². The summed E-state index contributed by atoms with van der Waals surface area (Å²) in [6.07, 6.45) is 11.5. The number of unbranched alkanes of at least 4 members (excludes halogenated alkanes) is 7. The first-order valence-electron chi connectivity index (χ1n) is 9.30. The Morgan fingerprint density at radius 2 is 1.71 bits per heavy atom. The first-order valence-corrected chi connectivity index (χ1v) is 9.30. The molecule has 0 aliphatic carbocycles. The first kappa shape index (κ1) is 18.9. The van der Waals surface area contributed by atoms with Gasteiger partial charge in [-0.15, -0.1) is 0 Å². The molecule has 0 spiro atoms. The predicted octanol–water partition coefficient (Wildman–Crippen LogP) is 3.83. The lowest BCUT2D eigenvalue weighted by molar-refractivity contribution is -0.0370. The zero-order valence-corrected chi connectivity index (χ0v) is 14.7. The van der Waals surface area contributed by atoms with Crippen LogP contribution in [0.4, 0.5) is 0 Å².